The van der Waals surface area contributed by atoms with Gasteiger partial charge in [-0.2, -0.15) is 0 Å². The fraction of sp³-hybridized carbons (Fsp3) is 1.00. The van der Waals surface area contributed by atoms with Gasteiger partial charge in [-0.3, -0.25) is 0 Å². The molecule has 1 fully saturated rings. The van der Waals surface area contributed by atoms with E-state index in [1.165, 1.54) is 0 Å². The summed E-state index contributed by atoms with van der Waals surface area (Å²) in [5.41, 5.74) is 0. The molecule has 1 heterocycles. The third-order valence-electron chi connectivity index (χ3n) is 2.04. The minimum absolute atomic E-state index is 0.0474. The van der Waals surface area contributed by atoms with Crippen LogP contribution in [0.3, 0.4) is 0 Å². The Labute approximate surface area is 60.6 Å². The predicted molar refractivity (Wildman–Crippen MR) is 36.6 cm³/mol. The fourth-order valence-corrected chi connectivity index (χ4v) is 1.12. The fourth-order valence-electron chi connectivity index (χ4n) is 1.12. The van der Waals surface area contributed by atoms with Crippen LogP contribution in [0.5, 0.6) is 0 Å². The molecule has 1 aliphatic heterocycles. The summed E-state index contributed by atoms with van der Waals surface area (Å²) in [5, 5.41) is 18.5. The highest BCUT2D eigenvalue weighted by Crippen LogP contribution is 2.18. The van der Waals surface area contributed by atoms with Crippen LogP contribution < -0.4 is 0 Å². The van der Waals surface area contributed by atoms with E-state index in [0.29, 0.717) is 6.61 Å². The van der Waals surface area contributed by atoms with E-state index in [4.69, 9.17) is 4.74 Å². The van der Waals surface area contributed by atoms with Gasteiger partial charge in [-0.05, 0) is 6.92 Å². The van der Waals surface area contributed by atoms with Crippen molar-refractivity contribution in [2.24, 2.45) is 5.92 Å². The van der Waals surface area contributed by atoms with Gasteiger partial charge in [-0.1, -0.05) is 6.92 Å². The molecule has 0 spiro atoms. The first-order valence-electron chi connectivity index (χ1n) is 3.60. The lowest BCUT2D eigenvalue weighted by Crippen LogP contribution is -2.47. The smallest absolute Gasteiger partial charge is 0.106 e. The number of hydrogen-bond acceptors (Lipinski definition) is 3. The maximum Gasteiger partial charge on any atom is 0.106 e. The van der Waals surface area contributed by atoms with Gasteiger partial charge < -0.3 is 14.9 Å². The molecule has 1 saturated heterocycles. The number of ether oxygens (including phenoxy) is 1. The molecule has 0 amide bonds. The first-order valence-corrected chi connectivity index (χ1v) is 3.60. The Morgan fingerprint density at radius 3 is 2.30 bits per heavy atom. The number of rotatable bonds is 0. The Morgan fingerprint density at radius 2 is 1.80 bits per heavy atom. The summed E-state index contributed by atoms with van der Waals surface area (Å²) in [7, 11) is 0. The van der Waals surface area contributed by atoms with Gasteiger partial charge in [0.25, 0.3) is 0 Å². The molecule has 0 bridgehead atoms. The van der Waals surface area contributed by atoms with Crippen LogP contribution in [-0.4, -0.2) is 35.1 Å². The van der Waals surface area contributed by atoms with E-state index >= 15 is 0 Å². The van der Waals surface area contributed by atoms with Gasteiger partial charge in [0, 0.05) is 5.92 Å². The van der Waals surface area contributed by atoms with Gasteiger partial charge in [-0.25, -0.2) is 0 Å². The molecule has 10 heavy (non-hydrogen) atoms. The maximum absolute atomic E-state index is 9.29. The average molecular weight is 146 g/mol. The molecule has 0 aromatic heterocycles. The zero-order valence-corrected chi connectivity index (χ0v) is 6.32. The highest BCUT2D eigenvalue weighted by molar-refractivity contribution is 4.81. The summed E-state index contributed by atoms with van der Waals surface area (Å²) in [6.07, 6.45) is -1.57. The molecule has 2 N–H and O–H groups in total. The van der Waals surface area contributed by atoms with Crippen molar-refractivity contribution >= 4 is 0 Å². The Kier molecular flexibility index (Phi) is 2.28. The Balaban J connectivity index is 2.52. The molecule has 3 nitrogen and oxygen atoms in total. The van der Waals surface area contributed by atoms with E-state index in [0.717, 1.165) is 0 Å². The van der Waals surface area contributed by atoms with Crippen LogP contribution in [0.25, 0.3) is 0 Å². The predicted octanol–water partition coefficient (Wildman–Crippen LogP) is -0.237. The minimum atomic E-state index is -0.719. The number of aliphatic hydroxyl groups excluding tert-OH is 2. The molecular weight excluding hydrogens is 132 g/mol. The van der Waals surface area contributed by atoms with Crippen molar-refractivity contribution in [3.8, 4) is 0 Å². The molecule has 0 aromatic rings. The van der Waals surface area contributed by atoms with Gasteiger partial charge >= 0.3 is 0 Å². The lowest BCUT2D eigenvalue weighted by molar-refractivity contribution is -0.153. The number of aliphatic hydroxyl groups is 2. The first-order chi connectivity index (χ1) is 4.63. The van der Waals surface area contributed by atoms with Crippen LogP contribution in [0.1, 0.15) is 13.8 Å². The van der Waals surface area contributed by atoms with Crippen molar-refractivity contribution in [3.63, 3.8) is 0 Å². The van der Waals surface area contributed by atoms with E-state index in [2.05, 4.69) is 0 Å². The van der Waals surface area contributed by atoms with Crippen molar-refractivity contribution in [2.45, 2.75) is 32.2 Å². The molecule has 3 heteroatoms. The monoisotopic (exact) mass is 146 g/mol. The molecular formula is C7H14O3. The summed E-state index contributed by atoms with van der Waals surface area (Å²) in [6, 6.07) is 0. The van der Waals surface area contributed by atoms with E-state index in [1.807, 2.05) is 6.92 Å². The van der Waals surface area contributed by atoms with Crippen LogP contribution in [0, 0.1) is 5.92 Å². The Hall–Kier alpha value is -0.120. The van der Waals surface area contributed by atoms with Gasteiger partial charge in [0.15, 0.2) is 0 Å². The highest BCUT2D eigenvalue weighted by atomic mass is 16.5. The molecule has 60 valence electrons. The standard InChI is InChI=1S/C7H14O3/c1-4-3-10-5(2)7(9)6(4)8/h4-9H,3H2,1-2H3. The summed E-state index contributed by atoms with van der Waals surface area (Å²) in [4.78, 5) is 0. The van der Waals surface area contributed by atoms with E-state index in [1.54, 1.807) is 6.92 Å². The zero-order chi connectivity index (χ0) is 7.72. The first kappa shape index (κ1) is 7.98. The van der Waals surface area contributed by atoms with Crippen molar-refractivity contribution < 1.29 is 14.9 Å². The zero-order valence-electron chi connectivity index (χ0n) is 6.32. The second-order valence-electron chi connectivity index (χ2n) is 3.00. The van der Waals surface area contributed by atoms with Crippen molar-refractivity contribution in [1.29, 1.82) is 0 Å². The van der Waals surface area contributed by atoms with Crippen molar-refractivity contribution in [1.82, 2.24) is 0 Å². The van der Waals surface area contributed by atoms with Gasteiger partial charge in [0.05, 0.1) is 18.8 Å². The average Bonchev–Trinajstić information content (AvgIpc) is 1.93. The van der Waals surface area contributed by atoms with Crippen LogP contribution in [0.4, 0.5) is 0 Å². The normalized spacial score (nSPS) is 49.2. The third-order valence-corrected chi connectivity index (χ3v) is 2.04. The molecule has 0 saturated carbocycles. The third kappa shape index (κ3) is 1.31. The molecule has 0 aliphatic carbocycles. The topological polar surface area (TPSA) is 49.7 Å². The lowest BCUT2D eigenvalue weighted by atomic mass is 9.95. The summed E-state index contributed by atoms with van der Waals surface area (Å²) in [5.74, 6) is 0.0474. The van der Waals surface area contributed by atoms with Crippen molar-refractivity contribution in [3.05, 3.63) is 0 Å². The second-order valence-corrected chi connectivity index (χ2v) is 3.00. The van der Waals surface area contributed by atoms with E-state index in [9.17, 15) is 10.2 Å². The van der Waals surface area contributed by atoms with Crippen LogP contribution >= 0.6 is 0 Å². The van der Waals surface area contributed by atoms with E-state index < -0.39 is 12.2 Å². The van der Waals surface area contributed by atoms with Crippen LogP contribution in [0.2, 0.25) is 0 Å². The molecule has 0 aromatic carbocycles. The van der Waals surface area contributed by atoms with Gasteiger partial charge in [0.1, 0.15) is 6.10 Å². The highest BCUT2D eigenvalue weighted by Gasteiger charge is 2.33. The Bertz CT molecular complexity index is 101. The largest absolute Gasteiger partial charge is 0.390 e. The molecule has 4 atom stereocenters. The van der Waals surface area contributed by atoms with Gasteiger partial charge in [-0.15, -0.1) is 0 Å². The molecule has 4 unspecified atom stereocenters. The summed E-state index contributed by atoms with van der Waals surface area (Å²) >= 11 is 0. The van der Waals surface area contributed by atoms with Crippen molar-refractivity contribution in [2.75, 3.05) is 6.61 Å². The van der Waals surface area contributed by atoms with Gasteiger partial charge in [0.2, 0.25) is 0 Å². The van der Waals surface area contributed by atoms with Crippen LogP contribution in [0.15, 0.2) is 0 Å². The maximum atomic E-state index is 9.29. The summed E-state index contributed by atoms with van der Waals surface area (Å²) in [6.45, 7) is 4.17. The number of hydrogen-bond donors (Lipinski definition) is 2. The van der Waals surface area contributed by atoms with E-state index in [-0.39, 0.29) is 12.0 Å². The SMILES string of the molecule is CC1COC(C)C(O)C1O. The lowest BCUT2D eigenvalue weighted by Gasteiger charge is -2.34. The quantitative estimate of drug-likeness (QED) is 0.496. The molecule has 1 aliphatic rings. The van der Waals surface area contributed by atoms with Crippen LogP contribution in [-0.2, 0) is 4.74 Å². The minimum Gasteiger partial charge on any atom is -0.390 e. The molecule has 0 radical (unpaired) electrons. The second kappa shape index (κ2) is 2.86. The summed E-state index contributed by atoms with van der Waals surface area (Å²) < 4.78 is 5.16. The molecule has 1 rings (SSSR count). The Morgan fingerprint density at radius 1 is 1.20 bits per heavy atom.